The maximum atomic E-state index is 13.8. The average molecular weight is 547 g/mol. The van der Waals surface area contributed by atoms with Crippen LogP contribution in [0, 0.1) is 12.8 Å². The van der Waals surface area contributed by atoms with Gasteiger partial charge in [-0.25, -0.2) is 0 Å². The van der Waals surface area contributed by atoms with E-state index in [2.05, 4.69) is 5.32 Å². The van der Waals surface area contributed by atoms with Crippen LogP contribution in [0.1, 0.15) is 58.5 Å². The smallest absolute Gasteiger partial charge is 0.286 e. The lowest BCUT2D eigenvalue weighted by atomic mass is 9.90. The maximum absolute atomic E-state index is 13.8. The first kappa shape index (κ1) is 28.9. The summed E-state index contributed by atoms with van der Waals surface area (Å²) in [4.78, 5) is 40.8. The Labute approximate surface area is 235 Å². The van der Waals surface area contributed by atoms with Crippen LogP contribution in [0.4, 0.5) is 0 Å². The lowest BCUT2D eigenvalue weighted by Crippen LogP contribution is -2.40. The van der Waals surface area contributed by atoms with Crippen molar-refractivity contribution < 1.29 is 28.3 Å². The number of carbonyl (C=O) groups excluding carboxylic acids is 3. The number of fused-ring (bicyclic) bond motifs is 1. The highest BCUT2D eigenvalue weighted by atomic mass is 16.5. The zero-order valence-corrected chi connectivity index (χ0v) is 23.5. The van der Waals surface area contributed by atoms with Crippen LogP contribution in [0.5, 0.6) is 11.5 Å². The fourth-order valence-electron chi connectivity index (χ4n) is 5.14. The van der Waals surface area contributed by atoms with Crippen LogP contribution in [0.25, 0.3) is 0 Å². The first-order valence-corrected chi connectivity index (χ1v) is 13.8. The van der Waals surface area contributed by atoms with Gasteiger partial charge in [0.05, 0.1) is 20.5 Å². The second-order valence-corrected chi connectivity index (χ2v) is 10.3. The van der Waals surface area contributed by atoms with Gasteiger partial charge in [-0.15, -0.1) is 0 Å². The summed E-state index contributed by atoms with van der Waals surface area (Å²) in [5.41, 5.74) is 4.27. The second kappa shape index (κ2) is 13.8. The molecule has 1 aliphatic heterocycles. The third-order valence-corrected chi connectivity index (χ3v) is 7.38. The van der Waals surface area contributed by atoms with E-state index in [0.29, 0.717) is 63.2 Å². The number of hydrogen-bond acceptors (Lipinski definition) is 6. The molecule has 0 spiro atoms. The highest BCUT2D eigenvalue weighted by Crippen LogP contribution is 2.34. The number of aryl methyl sites for hydroxylation is 1. The van der Waals surface area contributed by atoms with Crippen LogP contribution in [-0.2, 0) is 29.0 Å². The van der Waals surface area contributed by atoms with Crippen LogP contribution >= 0.6 is 0 Å². The summed E-state index contributed by atoms with van der Waals surface area (Å²) in [6.07, 6.45) is 4.66. The average Bonchev–Trinajstić information content (AvgIpc) is 3.51. The Bertz CT molecular complexity index is 1300. The molecule has 1 aliphatic rings. The minimum Gasteiger partial charge on any atom is -0.493 e. The first-order chi connectivity index (χ1) is 19.4. The number of nitrogens with one attached hydrogen (secondary N) is 1. The molecule has 0 aliphatic carbocycles. The molecule has 212 valence electrons. The van der Waals surface area contributed by atoms with Crippen molar-refractivity contribution >= 4 is 17.6 Å². The normalized spacial score (nSPS) is 13.3. The van der Waals surface area contributed by atoms with Gasteiger partial charge in [0.1, 0.15) is 5.78 Å². The molecule has 0 saturated carbocycles. The fourth-order valence-corrected chi connectivity index (χ4v) is 5.14. The molecule has 0 radical (unpaired) electrons. The molecule has 2 heterocycles. The quantitative estimate of drug-likeness (QED) is 0.306. The first-order valence-electron chi connectivity index (χ1n) is 13.8. The molecule has 2 aromatic carbocycles. The summed E-state index contributed by atoms with van der Waals surface area (Å²) in [7, 11) is 3.21. The van der Waals surface area contributed by atoms with Gasteiger partial charge in [-0.2, -0.15) is 0 Å². The standard InChI is InChI=1S/C32H38N2O6/c1-22-9-11-23(12-10-22)17-27(35)18-25(7-4-5-14-33-31(36)28-8-6-16-40-28)32(37)34-15-13-24-19-29(38-2)30(39-3)20-26(24)21-34/h6,8-12,16,19-20,25H,4-5,7,13-15,17-18,21H2,1-3H3,(H,33,36). The van der Waals surface area contributed by atoms with E-state index in [1.54, 1.807) is 26.4 Å². The van der Waals surface area contributed by atoms with Crippen LogP contribution < -0.4 is 14.8 Å². The number of hydrogen-bond donors (Lipinski definition) is 1. The molecule has 8 heteroatoms. The number of Topliss-reactive ketones (excluding diaryl/α,β-unsaturated/α-hetero) is 1. The van der Waals surface area contributed by atoms with Crippen molar-refractivity contribution in [1.82, 2.24) is 10.2 Å². The fraction of sp³-hybridized carbons (Fsp3) is 0.406. The van der Waals surface area contributed by atoms with E-state index in [1.807, 2.05) is 48.2 Å². The molecule has 1 aromatic heterocycles. The van der Waals surface area contributed by atoms with E-state index < -0.39 is 5.92 Å². The predicted molar refractivity (Wildman–Crippen MR) is 152 cm³/mol. The summed E-state index contributed by atoms with van der Waals surface area (Å²) < 4.78 is 16.0. The number of unbranched alkanes of at least 4 members (excludes halogenated alkanes) is 1. The highest BCUT2D eigenvalue weighted by molar-refractivity contribution is 5.91. The van der Waals surface area contributed by atoms with Gasteiger partial charge in [0.2, 0.25) is 5.91 Å². The zero-order valence-electron chi connectivity index (χ0n) is 23.5. The summed E-state index contributed by atoms with van der Waals surface area (Å²) in [5, 5.41) is 2.84. The number of methoxy groups -OCH3 is 2. The zero-order chi connectivity index (χ0) is 28.5. The molecule has 0 saturated heterocycles. The van der Waals surface area contributed by atoms with Gasteiger partial charge in [-0.1, -0.05) is 36.2 Å². The van der Waals surface area contributed by atoms with Gasteiger partial charge in [-0.3, -0.25) is 14.4 Å². The molecular formula is C32H38N2O6. The Kier molecular flexibility index (Phi) is 10.00. The SMILES string of the molecule is COc1cc2c(cc1OC)CN(C(=O)C(CCCCNC(=O)c1ccco1)CC(=O)Cc1ccc(C)cc1)CC2. The van der Waals surface area contributed by atoms with Crippen molar-refractivity contribution in [2.75, 3.05) is 27.3 Å². The Morgan fingerprint density at radius 1 is 1.00 bits per heavy atom. The third kappa shape index (κ3) is 7.52. The molecular weight excluding hydrogens is 508 g/mol. The summed E-state index contributed by atoms with van der Waals surface area (Å²) in [6.45, 7) is 3.54. The molecule has 3 aromatic rings. The number of rotatable bonds is 13. The second-order valence-electron chi connectivity index (χ2n) is 10.3. The molecule has 8 nitrogen and oxygen atoms in total. The largest absolute Gasteiger partial charge is 0.493 e. The number of amides is 2. The van der Waals surface area contributed by atoms with Gasteiger partial charge < -0.3 is 24.1 Å². The van der Waals surface area contributed by atoms with Crippen LogP contribution in [0.15, 0.2) is 59.2 Å². The van der Waals surface area contributed by atoms with Crippen molar-refractivity contribution in [2.45, 2.75) is 52.0 Å². The summed E-state index contributed by atoms with van der Waals surface area (Å²) in [5.74, 6) is 0.964. The molecule has 1 unspecified atom stereocenters. The number of nitrogens with zero attached hydrogens (tertiary/aromatic N) is 1. The lowest BCUT2D eigenvalue weighted by Gasteiger charge is -2.32. The monoisotopic (exact) mass is 546 g/mol. The molecule has 1 N–H and O–H groups in total. The molecule has 40 heavy (non-hydrogen) atoms. The Hall–Kier alpha value is -4.07. The van der Waals surface area contributed by atoms with Gasteiger partial charge in [-0.05, 0) is 67.1 Å². The van der Waals surface area contributed by atoms with Crippen molar-refractivity contribution in [2.24, 2.45) is 5.92 Å². The van der Waals surface area contributed by atoms with E-state index in [1.165, 1.54) is 6.26 Å². The number of ether oxygens (including phenoxy) is 2. The maximum Gasteiger partial charge on any atom is 0.286 e. The minimum absolute atomic E-state index is 0.00249. The van der Waals surface area contributed by atoms with Crippen molar-refractivity contribution in [1.29, 1.82) is 0 Å². The number of carbonyl (C=O) groups is 3. The van der Waals surface area contributed by atoms with E-state index in [-0.39, 0.29) is 29.8 Å². The van der Waals surface area contributed by atoms with Crippen LogP contribution in [-0.4, -0.2) is 49.8 Å². The topological polar surface area (TPSA) is 98.1 Å². The van der Waals surface area contributed by atoms with E-state index in [9.17, 15) is 14.4 Å². The van der Waals surface area contributed by atoms with Gasteiger partial charge in [0.25, 0.3) is 5.91 Å². The lowest BCUT2D eigenvalue weighted by molar-refractivity contribution is -0.139. The van der Waals surface area contributed by atoms with E-state index in [4.69, 9.17) is 13.9 Å². The minimum atomic E-state index is -0.416. The Balaban J connectivity index is 1.39. The van der Waals surface area contributed by atoms with Crippen molar-refractivity contribution in [3.05, 3.63) is 82.8 Å². The molecule has 1 atom stereocenters. The number of ketones is 1. The molecule has 0 bridgehead atoms. The molecule has 4 rings (SSSR count). The highest BCUT2D eigenvalue weighted by Gasteiger charge is 2.29. The van der Waals surface area contributed by atoms with Crippen molar-refractivity contribution in [3.63, 3.8) is 0 Å². The molecule has 0 fully saturated rings. The predicted octanol–water partition coefficient (Wildman–Crippen LogP) is 4.91. The van der Waals surface area contributed by atoms with Gasteiger partial charge in [0, 0.05) is 38.4 Å². The van der Waals surface area contributed by atoms with E-state index in [0.717, 1.165) is 22.3 Å². The third-order valence-electron chi connectivity index (χ3n) is 7.38. The summed E-state index contributed by atoms with van der Waals surface area (Å²) in [6, 6.07) is 15.1. The van der Waals surface area contributed by atoms with Crippen LogP contribution in [0.2, 0.25) is 0 Å². The number of benzene rings is 2. The van der Waals surface area contributed by atoms with Crippen molar-refractivity contribution in [3.8, 4) is 11.5 Å². The molecule has 2 amide bonds. The Morgan fingerprint density at radius 2 is 1.73 bits per heavy atom. The van der Waals surface area contributed by atoms with Gasteiger partial charge >= 0.3 is 0 Å². The van der Waals surface area contributed by atoms with Crippen LogP contribution in [0.3, 0.4) is 0 Å². The van der Waals surface area contributed by atoms with Gasteiger partial charge in [0.15, 0.2) is 17.3 Å². The van der Waals surface area contributed by atoms with E-state index >= 15 is 0 Å². The Morgan fingerprint density at radius 3 is 2.40 bits per heavy atom. The number of furan rings is 1. The summed E-state index contributed by atoms with van der Waals surface area (Å²) >= 11 is 0.